The monoisotopic (exact) mass is 197 g/mol. The molecule has 84 valence electrons. The van der Waals surface area contributed by atoms with Crippen molar-refractivity contribution in [2.24, 2.45) is 34.8 Å². The van der Waals surface area contributed by atoms with E-state index in [2.05, 4.69) is 41.5 Å². The van der Waals surface area contributed by atoms with Crippen LogP contribution in [0.2, 0.25) is 0 Å². The van der Waals surface area contributed by atoms with Crippen LogP contribution in [0.1, 0.15) is 48.0 Å². The van der Waals surface area contributed by atoms with Crippen molar-refractivity contribution in [2.45, 2.75) is 54.0 Å². The highest BCUT2D eigenvalue weighted by molar-refractivity contribution is 4.93. The van der Waals surface area contributed by atoms with Gasteiger partial charge in [-0.1, -0.05) is 41.5 Å². The molecule has 0 spiro atoms. The normalized spacial score (nSPS) is 45.2. The van der Waals surface area contributed by atoms with E-state index in [4.69, 9.17) is 5.73 Å². The van der Waals surface area contributed by atoms with Gasteiger partial charge in [0.15, 0.2) is 0 Å². The number of rotatable bonds is 0. The van der Waals surface area contributed by atoms with Gasteiger partial charge in [0.05, 0.1) is 0 Å². The minimum Gasteiger partial charge on any atom is -0.327 e. The molecular weight excluding hydrogens is 170 g/mol. The van der Waals surface area contributed by atoms with E-state index < -0.39 is 0 Å². The number of hydrogen-bond acceptors (Lipinski definition) is 1. The van der Waals surface area contributed by atoms with Gasteiger partial charge in [0.1, 0.15) is 0 Å². The first kappa shape index (κ1) is 12.0. The molecular formula is C13H27N. The SMILES string of the molecule is CC1CC(C(C)(C)C)C(C)C(C)C1N. The summed E-state index contributed by atoms with van der Waals surface area (Å²) in [5.74, 6) is 2.95. The molecule has 0 aromatic carbocycles. The molecule has 1 rings (SSSR count). The summed E-state index contributed by atoms with van der Waals surface area (Å²) in [5.41, 5.74) is 6.65. The number of nitrogens with two attached hydrogens (primary N) is 1. The molecule has 1 aliphatic rings. The Kier molecular flexibility index (Phi) is 3.30. The Bertz CT molecular complexity index is 192. The summed E-state index contributed by atoms with van der Waals surface area (Å²) in [6.45, 7) is 14.1. The van der Waals surface area contributed by atoms with E-state index in [1.807, 2.05) is 0 Å². The minimum atomic E-state index is 0.406. The summed E-state index contributed by atoms with van der Waals surface area (Å²) in [6, 6.07) is 0.406. The summed E-state index contributed by atoms with van der Waals surface area (Å²) in [4.78, 5) is 0. The molecule has 1 heteroatoms. The van der Waals surface area contributed by atoms with Crippen molar-refractivity contribution in [1.29, 1.82) is 0 Å². The fourth-order valence-electron chi connectivity index (χ4n) is 3.15. The van der Waals surface area contributed by atoms with E-state index in [1.165, 1.54) is 6.42 Å². The third-order valence-electron chi connectivity index (χ3n) is 4.47. The van der Waals surface area contributed by atoms with Crippen LogP contribution >= 0.6 is 0 Å². The van der Waals surface area contributed by atoms with Gasteiger partial charge in [-0.05, 0) is 35.5 Å². The van der Waals surface area contributed by atoms with Gasteiger partial charge in [0.25, 0.3) is 0 Å². The Morgan fingerprint density at radius 2 is 1.50 bits per heavy atom. The summed E-state index contributed by atoms with van der Waals surface area (Å²) in [7, 11) is 0. The van der Waals surface area contributed by atoms with Crippen molar-refractivity contribution in [2.75, 3.05) is 0 Å². The first-order chi connectivity index (χ1) is 6.25. The molecule has 1 fully saturated rings. The van der Waals surface area contributed by atoms with Crippen molar-refractivity contribution in [3.05, 3.63) is 0 Å². The van der Waals surface area contributed by atoms with Crippen molar-refractivity contribution in [1.82, 2.24) is 0 Å². The molecule has 1 aliphatic carbocycles. The van der Waals surface area contributed by atoms with Crippen molar-refractivity contribution in [3.8, 4) is 0 Å². The summed E-state index contributed by atoms with van der Waals surface area (Å²) in [5, 5.41) is 0. The van der Waals surface area contributed by atoms with Gasteiger partial charge in [-0.3, -0.25) is 0 Å². The fraction of sp³-hybridized carbons (Fsp3) is 1.00. The zero-order valence-electron chi connectivity index (χ0n) is 10.7. The van der Waals surface area contributed by atoms with Gasteiger partial charge in [0.2, 0.25) is 0 Å². The third kappa shape index (κ3) is 2.13. The number of hydrogen-bond donors (Lipinski definition) is 1. The Balaban J connectivity index is 2.81. The van der Waals surface area contributed by atoms with Crippen molar-refractivity contribution in [3.63, 3.8) is 0 Å². The lowest BCUT2D eigenvalue weighted by molar-refractivity contribution is 0.0371. The van der Waals surface area contributed by atoms with Gasteiger partial charge in [-0.25, -0.2) is 0 Å². The van der Waals surface area contributed by atoms with Gasteiger partial charge >= 0.3 is 0 Å². The molecule has 0 aromatic heterocycles. The molecule has 0 bridgehead atoms. The van der Waals surface area contributed by atoms with E-state index in [1.54, 1.807) is 0 Å². The Morgan fingerprint density at radius 3 is 1.93 bits per heavy atom. The quantitative estimate of drug-likeness (QED) is 0.633. The zero-order valence-corrected chi connectivity index (χ0v) is 10.7. The lowest BCUT2D eigenvalue weighted by Crippen LogP contribution is -2.48. The van der Waals surface area contributed by atoms with Crippen LogP contribution in [0, 0.1) is 29.1 Å². The Labute approximate surface area is 89.5 Å². The predicted molar refractivity (Wildman–Crippen MR) is 63.0 cm³/mol. The van der Waals surface area contributed by atoms with Crippen LogP contribution in [0.25, 0.3) is 0 Å². The maximum Gasteiger partial charge on any atom is 0.00931 e. The molecule has 2 N–H and O–H groups in total. The van der Waals surface area contributed by atoms with Crippen LogP contribution in [0.4, 0.5) is 0 Å². The summed E-state index contributed by atoms with van der Waals surface area (Å²) in [6.07, 6.45) is 1.30. The summed E-state index contributed by atoms with van der Waals surface area (Å²) < 4.78 is 0. The highest BCUT2D eigenvalue weighted by atomic mass is 14.7. The molecule has 0 aliphatic heterocycles. The highest BCUT2D eigenvalue weighted by Gasteiger charge is 2.41. The standard InChI is InChI=1S/C13H27N/c1-8-7-11(13(4,5)6)9(2)10(3)12(8)14/h8-12H,7,14H2,1-6H3. The van der Waals surface area contributed by atoms with Gasteiger partial charge in [-0.2, -0.15) is 0 Å². The highest BCUT2D eigenvalue weighted by Crippen LogP contribution is 2.45. The maximum atomic E-state index is 6.22. The molecule has 14 heavy (non-hydrogen) atoms. The average Bonchev–Trinajstić information content (AvgIpc) is 2.06. The summed E-state index contributed by atoms with van der Waals surface area (Å²) >= 11 is 0. The minimum absolute atomic E-state index is 0.406. The van der Waals surface area contributed by atoms with Crippen molar-refractivity contribution >= 4 is 0 Å². The van der Waals surface area contributed by atoms with Crippen LogP contribution in [-0.4, -0.2) is 6.04 Å². The predicted octanol–water partition coefficient (Wildman–Crippen LogP) is 3.29. The average molecular weight is 197 g/mol. The van der Waals surface area contributed by atoms with E-state index in [-0.39, 0.29) is 0 Å². The van der Waals surface area contributed by atoms with Crippen LogP contribution in [0.5, 0.6) is 0 Å². The lowest BCUT2D eigenvalue weighted by Gasteiger charge is -2.47. The van der Waals surface area contributed by atoms with E-state index in [0.29, 0.717) is 23.3 Å². The second kappa shape index (κ2) is 3.84. The second-order valence-corrected chi connectivity index (χ2v) is 6.48. The Morgan fingerprint density at radius 1 is 1.00 bits per heavy atom. The molecule has 0 aromatic rings. The van der Waals surface area contributed by atoms with E-state index >= 15 is 0 Å². The first-order valence-corrected chi connectivity index (χ1v) is 6.00. The molecule has 1 nitrogen and oxygen atoms in total. The van der Waals surface area contributed by atoms with Gasteiger partial charge in [0, 0.05) is 6.04 Å². The molecule has 1 saturated carbocycles. The van der Waals surface area contributed by atoms with Crippen molar-refractivity contribution < 1.29 is 0 Å². The molecule has 0 saturated heterocycles. The lowest BCUT2D eigenvalue weighted by atomic mass is 9.59. The molecule has 0 amide bonds. The van der Waals surface area contributed by atoms with Crippen LogP contribution in [0.15, 0.2) is 0 Å². The van der Waals surface area contributed by atoms with E-state index in [9.17, 15) is 0 Å². The third-order valence-corrected chi connectivity index (χ3v) is 4.47. The Hall–Kier alpha value is -0.0400. The fourth-order valence-corrected chi connectivity index (χ4v) is 3.15. The smallest absolute Gasteiger partial charge is 0.00931 e. The topological polar surface area (TPSA) is 26.0 Å². The van der Waals surface area contributed by atoms with Crippen LogP contribution in [-0.2, 0) is 0 Å². The second-order valence-electron chi connectivity index (χ2n) is 6.48. The van der Waals surface area contributed by atoms with Crippen LogP contribution in [0.3, 0.4) is 0 Å². The van der Waals surface area contributed by atoms with Crippen LogP contribution < -0.4 is 5.73 Å². The first-order valence-electron chi connectivity index (χ1n) is 6.00. The maximum absolute atomic E-state index is 6.22. The molecule has 0 heterocycles. The van der Waals surface area contributed by atoms with Gasteiger partial charge in [-0.15, -0.1) is 0 Å². The molecule has 5 unspecified atom stereocenters. The molecule has 0 radical (unpaired) electrons. The van der Waals surface area contributed by atoms with E-state index in [0.717, 1.165) is 11.8 Å². The zero-order chi connectivity index (χ0) is 11.1. The van der Waals surface area contributed by atoms with Gasteiger partial charge < -0.3 is 5.73 Å². The largest absolute Gasteiger partial charge is 0.327 e. The molecule has 5 atom stereocenters.